The summed E-state index contributed by atoms with van der Waals surface area (Å²) in [6.45, 7) is 5.11. The van der Waals surface area contributed by atoms with E-state index in [-0.39, 0.29) is 5.75 Å². The summed E-state index contributed by atoms with van der Waals surface area (Å²) in [5.41, 5.74) is 0.762. The van der Waals surface area contributed by atoms with Crippen molar-refractivity contribution in [2.75, 3.05) is 0 Å². The topological polar surface area (TPSA) is 29.5 Å². The molecule has 0 heterocycles. The molecule has 0 saturated heterocycles. The Balaban J connectivity index is 2.91. The highest BCUT2D eigenvalue weighted by atomic mass is 19.4. The summed E-state index contributed by atoms with van der Waals surface area (Å²) in [6.07, 6.45) is -5.72. The monoisotopic (exact) mass is 232 g/mol. The number of alkyl halides is 3. The quantitative estimate of drug-likeness (QED) is 0.811. The van der Waals surface area contributed by atoms with Crippen molar-refractivity contribution >= 4 is 0 Å². The second kappa shape index (κ2) is 4.57. The summed E-state index contributed by atoms with van der Waals surface area (Å²) in [5.74, 6) is -0.356. The van der Waals surface area contributed by atoms with Crippen molar-refractivity contribution < 1.29 is 23.0 Å². The maximum absolute atomic E-state index is 11.9. The zero-order valence-electron chi connectivity index (χ0n) is 8.58. The second-order valence-electron chi connectivity index (χ2n) is 3.37. The maximum Gasteiger partial charge on any atom is 0.573 e. The molecule has 1 atom stereocenters. The van der Waals surface area contributed by atoms with Crippen molar-refractivity contribution in [2.45, 2.75) is 19.4 Å². The van der Waals surface area contributed by atoms with E-state index < -0.39 is 12.5 Å². The highest BCUT2D eigenvalue weighted by Crippen LogP contribution is 2.27. The lowest BCUT2D eigenvalue weighted by molar-refractivity contribution is -0.274. The van der Waals surface area contributed by atoms with Crippen LogP contribution in [0.3, 0.4) is 0 Å². The number of aliphatic hydroxyl groups is 1. The fraction of sp³-hybridized carbons (Fsp3) is 0.273. The van der Waals surface area contributed by atoms with E-state index in [0.29, 0.717) is 11.1 Å². The molecule has 0 aliphatic rings. The van der Waals surface area contributed by atoms with Gasteiger partial charge in [-0.05, 0) is 30.2 Å². The Morgan fingerprint density at radius 2 is 2.06 bits per heavy atom. The van der Waals surface area contributed by atoms with Gasteiger partial charge in [0.05, 0.1) is 6.10 Å². The normalized spacial score (nSPS) is 13.3. The summed E-state index contributed by atoms with van der Waals surface area (Å²) in [7, 11) is 0. The van der Waals surface area contributed by atoms with Crippen LogP contribution in [0.15, 0.2) is 36.4 Å². The molecule has 1 aromatic rings. The average molecular weight is 232 g/mol. The molecule has 2 nitrogen and oxygen atoms in total. The van der Waals surface area contributed by atoms with Crippen molar-refractivity contribution in [2.24, 2.45) is 0 Å². The summed E-state index contributed by atoms with van der Waals surface area (Å²) in [5, 5.41) is 9.58. The first kappa shape index (κ1) is 12.6. The van der Waals surface area contributed by atoms with Gasteiger partial charge in [0.1, 0.15) is 5.75 Å². The van der Waals surface area contributed by atoms with E-state index in [0.717, 1.165) is 6.07 Å². The molecule has 0 bridgehead atoms. The van der Waals surface area contributed by atoms with Crippen LogP contribution in [0.1, 0.15) is 18.6 Å². The van der Waals surface area contributed by atoms with Gasteiger partial charge in [0.2, 0.25) is 0 Å². The van der Waals surface area contributed by atoms with Crippen molar-refractivity contribution in [3.05, 3.63) is 42.0 Å². The Morgan fingerprint density at radius 3 is 2.56 bits per heavy atom. The molecule has 88 valence electrons. The van der Waals surface area contributed by atoms with Gasteiger partial charge in [-0.2, -0.15) is 0 Å². The number of benzene rings is 1. The fourth-order valence-corrected chi connectivity index (χ4v) is 1.17. The van der Waals surface area contributed by atoms with Crippen LogP contribution in [-0.4, -0.2) is 11.5 Å². The van der Waals surface area contributed by atoms with E-state index >= 15 is 0 Å². The minimum Gasteiger partial charge on any atom is -0.406 e. The van der Waals surface area contributed by atoms with Gasteiger partial charge in [-0.1, -0.05) is 18.7 Å². The van der Waals surface area contributed by atoms with Crippen molar-refractivity contribution in [1.29, 1.82) is 0 Å². The van der Waals surface area contributed by atoms with Gasteiger partial charge < -0.3 is 9.84 Å². The first-order valence-corrected chi connectivity index (χ1v) is 4.49. The molecule has 0 spiro atoms. The lowest BCUT2D eigenvalue weighted by Gasteiger charge is -2.13. The number of hydrogen-bond acceptors (Lipinski definition) is 2. The average Bonchev–Trinajstić information content (AvgIpc) is 2.14. The third kappa shape index (κ3) is 3.58. The van der Waals surface area contributed by atoms with Gasteiger partial charge in [-0.3, -0.25) is 0 Å². The van der Waals surface area contributed by atoms with E-state index in [4.69, 9.17) is 0 Å². The Bertz CT molecular complexity index is 385. The first-order chi connectivity index (χ1) is 7.29. The molecule has 0 radical (unpaired) electrons. The molecule has 1 aromatic carbocycles. The standard InChI is InChI=1S/C11H11F3O2/c1-7(2)10(15)8-4-3-5-9(6-8)16-11(12,13)14/h3-6,10,15H,1H2,2H3. The molecule has 0 aromatic heterocycles. The van der Waals surface area contributed by atoms with Gasteiger partial charge >= 0.3 is 6.36 Å². The molecule has 1 unspecified atom stereocenters. The van der Waals surface area contributed by atoms with Crippen LogP contribution in [0, 0.1) is 0 Å². The molecule has 16 heavy (non-hydrogen) atoms. The van der Waals surface area contributed by atoms with Gasteiger partial charge in [-0.15, -0.1) is 13.2 Å². The number of ether oxygens (including phenoxy) is 1. The molecule has 0 amide bonds. The van der Waals surface area contributed by atoms with Crippen molar-refractivity contribution in [3.63, 3.8) is 0 Å². The predicted molar refractivity (Wildman–Crippen MR) is 52.9 cm³/mol. The van der Waals surface area contributed by atoms with E-state index in [2.05, 4.69) is 11.3 Å². The smallest absolute Gasteiger partial charge is 0.406 e. The Labute approximate surface area is 91.0 Å². The number of hydrogen-bond donors (Lipinski definition) is 1. The van der Waals surface area contributed by atoms with Crippen LogP contribution >= 0.6 is 0 Å². The van der Waals surface area contributed by atoms with Crippen LogP contribution in [0.25, 0.3) is 0 Å². The minimum atomic E-state index is -4.73. The Kier molecular flexibility index (Phi) is 3.59. The number of halogens is 3. The van der Waals surface area contributed by atoms with Crippen LogP contribution in [0.5, 0.6) is 5.75 Å². The lowest BCUT2D eigenvalue weighted by atomic mass is 10.0. The van der Waals surface area contributed by atoms with Gasteiger partial charge in [-0.25, -0.2) is 0 Å². The zero-order valence-corrected chi connectivity index (χ0v) is 8.58. The molecule has 5 heteroatoms. The largest absolute Gasteiger partial charge is 0.573 e. The molecule has 0 aliphatic carbocycles. The molecule has 0 fully saturated rings. The van der Waals surface area contributed by atoms with E-state index in [1.165, 1.54) is 18.2 Å². The van der Waals surface area contributed by atoms with Crippen LogP contribution < -0.4 is 4.74 Å². The van der Waals surface area contributed by atoms with Crippen molar-refractivity contribution in [1.82, 2.24) is 0 Å². The fourth-order valence-electron chi connectivity index (χ4n) is 1.17. The van der Waals surface area contributed by atoms with Gasteiger partial charge in [0.15, 0.2) is 0 Å². The molecule has 0 saturated carbocycles. The van der Waals surface area contributed by atoms with Crippen LogP contribution in [0.2, 0.25) is 0 Å². The molecule has 0 aliphatic heterocycles. The number of rotatable bonds is 3. The third-order valence-electron chi connectivity index (χ3n) is 1.87. The molecule has 1 N–H and O–H groups in total. The van der Waals surface area contributed by atoms with E-state index in [1.807, 2.05) is 0 Å². The highest BCUT2D eigenvalue weighted by molar-refractivity contribution is 5.32. The summed E-state index contributed by atoms with van der Waals surface area (Å²) in [4.78, 5) is 0. The Hall–Kier alpha value is -1.49. The lowest BCUT2D eigenvalue weighted by Crippen LogP contribution is -2.17. The van der Waals surface area contributed by atoms with Crippen LogP contribution in [0.4, 0.5) is 13.2 Å². The van der Waals surface area contributed by atoms with Gasteiger partial charge in [0, 0.05) is 0 Å². The molecular formula is C11H11F3O2. The first-order valence-electron chi connectivity index (χ1n) is 4.49. The second-order valence-corrected chi connectivity index (χ2v) is 3.37. The Morgan fingerprint density at radius 1 is 1.44 bits per heavy atom. The van der Waals surface area contributed by atoms with Gasteiger partial charge in [0.25, 0.3) is 0 Å². The SMILES string of the molecule is C=C(C)C(O)c1cccc(OC(F)(F)F)c1. The van der Waals surface area contributed by atoms with E-state index in [1.54, 1.807) is 6.92 Å². The minimum absolute atomic E-state index is 0.314. The highest BCUT2D eigenvalue weighted by Gasteiger charge is 2.31. The summed E-state index contributed by atoms with van der Waals surface area (Å²) in [6, 6.07) is 5.18. The number of aliphatic hydroxyl groups excluding tert-OH is 1. The molecular weight excluding hydrogens is 221 g/mol. The third-order valence-corrected chi connectivity index (χ3v) is 1.87. The van der Waals surface area contributed by atoms with Crippen molar-refractivity contribution in [3.8, 4) is 5.75 Å². The predicted octanol–water partition coefficient (Wildman–Crippen LogP) is 3.19. The molecule has 1 rings (SSSR count). The maximum atomic E-state index is 11.9. The summed E-state index contributed by atoms with van der Waals surface area (Å²) < 4.78 is 39.5. The van der Waals surface area contributed by atoms with Crippen LogP contribution in [-0.2, 0) is 0 Å². The van der Waals surface area contributed by atoms with E-state index in [9.17, 15) is 18.3 Å². The zero-order chi connectivity index (χ0) is 12.3. The summed E-state index contributed by atoms with van der Waals surface area (Å²) >= 11 is 0.